The van der Waals surface area contributed by atoms with Crippen LogP contribution >= 0.6 is 0 Å². The molecule has 0 fully saturated rings. The second kappa shape index (κ2) is 6.87. The van der Waals surface area contributed by atoms with Crippen LogP contribution in [-0.4, -0.2) is 16.5 Å². The highest BCUT2D eigenvalue weighted by molar-refractivity contribution is 5.15. The van der Waals surface area contributed by atoms with Crippen molar-refractivity contribution < 1.29 is 0 Å². The highest BCUT2D eigenvalue weighted by Gasteiger charge is 2.11. The van der Waals surface area contributed by atoms with E-state index in [1.165, 1.54) is 5.56 Å². The zero-order valence-electron chi connectivity index (χ0n) is 10.7. The van der Waals surface area contributed by atoms with Crippen molar-refractivity contribution in [2.75, 3.05) is 6.54 Å². The first-order chi connectivity index (χ1) is 8.90. The van der Waals surface area contributed by atoms with E-state index in [4.69, 9.17) is 0 Å². The minimum atomic E-state index is 0.281. The molecular formula is C15H19N3. The van der Waals surface area contributed by atoms with Gasteiger partial charge < -0.3 is 5.32 Å². The first-order valence-corrected chi connectivity index (χ1v) is 6.43. The number of nitrogens with zero attached hydrogens (tertiary/aromatic N) is 2. The largest absolute Gasteiger partial charge is 0.309 e. The summed E-state index contributed by atoms with van der Waals surface area (Å²) in [7, 11) is 0. The summed E-state index contributed by atoms with van der Waals surface area (Å²) in [5, 5.41) is 3.47. The van der Waals surface area contributed by atoms with E-state index in [1.807, 2.05) is 12.3 Å². The molecule has 1 aromatic carbocycles. The number of benzene rings is 1. The summed E-state index contributed by atoms with van der Waals surface area (Å²) < 4.78 is 0. The lowest BCUT2D eigenvalue weighted by molar-refractivity contribution is 0.502. The fraction of sp³-hybridized carbons (Fsp3) is 0.333. The first kappa shape index (κ1) is 12.7. The van der Waals surface area contributed by atoms with Crippen molar-refractivity contribution >= 4 is 0 Å². The predicted octanol–water partition coefficient (Wildman–Crippen LogP) is 2.76. The molecule has 0 amide bonds. The molecule has 1 atom stereocenters. The summed E-state index contributed by atoms with van der Waals surface area (Å²) >= 11 is 0. The van der Waals surface area contributed by atoms with Crippen molar-refractivity contribution in [2.45, 2.75) is 25.8 Å². The molecule has 0 spiro atoms. The van der Waals surface area contributed by atoms with Gasteiger partial charge in [-0.05, 0) is 24.9 Å². The second-order valence-electron chi connectivity index (χ2n) is 4.26. The van der Waals surface area contributed by atoms with E-state index < -0.39 is 0 Å². The maximum atomic E-state index is 4.38. The molecule has 1 unspecified atom stereocenters. The Hall–Kier alpha value is -1.74. The fourth-order valence-electron chi connectivity index (χ4n) is 2.05. The Morgan fingerprint density at radius 1 is 1.17 bits per heavy atom. The zero-order valence-corrected chi connectivity index (χ0v) is 10.7. The van der Waals surface area contributed by atoms with E-state index in [0.29, 0.717) is 0 Å². The van der Waals surface area contributed by atoms with E-state index in [1.54, 1.807) is 12.4 Å². The number of rotatable bonds is 6. The van der Waals surface area contributed by atoms with Gasteiger partial charge in [0, 0.05) is 18.6 Å². The van der Waals surface area contributed by atoms with E-state index in [2.05, 4.69) is 46.5 Å². The van der Waals surface area contributed by atoms with Gasteiger partial charge in [0.1, 0.15) is 0 Å². The molecule has 0 bridgehead atoms. The molecule has 18 heavy (non-hydrogen) atoms. The monoisotopic (exact) mass is 241 g/mol. The van der Waals surface area contributed by atoms with Crippen LogP contribution in [0.5, 0.6) is 0 Å². The molecule has 1 aromatic heterocycles. The molecule has 0 saturated heterocycles. The summed E-state index contributed by atoms with van der Waals surface area (Å²) in [6.07, 6.45) is 7.40. The van der Waals surface area contributed by atoms with Gasteiger partial charge in [0.25, 0.3) is 0 Å². The Bertz CT molecular complexity index is 442. The second-order valence-corrected chi connectivity index (χ2v) is 4.26. The van der Waals surface area contributed by atoms with Crippen molar-refractivity contribution in [1.82, 2.24) is 15.3 Å². The van der Waals surface area contributed by atoms with Gasteiger partial charge in [0.05, 0.1) is 11.7 Å². The topological polar surface area (TPSA) is 37.8 Å². The molecule has 94 valence electrons. The third-order valence-corrected chi connectivity index (χ3v) is 2.96. The highest BCUT2D eigenvalue weighted by Crippen LogP contribution is 2.16. The minimum absolute atomic E-state index is 0.281. The molecule has 3 heteroatoms. The van der Waals surface area contributed by atoms with Gasteiger partial charge in [-0.15, -0.1) is 0 Å². The Balaban J connectivity index is 1.99. The van der Waals surface area contributed by atoms with Gasteiger partial charge in [-0.1, -0.05) is 37.3 Å². The van der Waals surface area contributed by atoms with E-state index >= 15 is 0 Å². The molecule has 1 heterocycles. The SMILES string of the molecule is CCNC(CCc1ccccc1)c1cnccn1. The third-order valence-electron chi connectivity index (χ3n) is 2.96. The molecule has 0 aliphatic carbocycles. The lowest BCUT2D eigenvalue weighted by Crippen LogP contribution is -2.22. The number of hydrogen-bond acceptors (Lipinski definition) is 3. The van der Waals surface area contributed by atoms with Crippen LogP contribution in [-0.2, 0) is 6.42 Å². The summed E-state index contributed by atoms with van der Waals surface area (Å²) in [4.78, 5) is 8.53. The van der Waals surface area contributed by atoms with E-state index in [9.17, 15) is 0 Å². The maximum absolute atomic E-state index is 4.38. The van der Waals surface area contributed by atoms with Gasteiger partial charge >= 0.3 is 0 Å². The predicted molar refractivity (Wildman–Crippen MR) is 73.2 cm³/mol. The molecule has 0 radical (unpaired) electrons. The summed E-state index contributed by atoms with van der Waals surface area (Å²) in [5.74, 6) is 0. The normalized spacial score (nSPS) is 12.3. The van der Waals surface area contributed by atoms with Crippen LogP contribution in [0.25, 0.3) is 0 Å². The van der Waals surface area contributed by atoms with Crippen LogP contribution in [0.15, 0.2) is 48.9 Å². The van der Waals surface area contributed by atoms with Gasteiger partial charge in [-0.25, -0.2) is 0 Å². The third kappa shape index (κ3) is 3.64. The molecule has 0 saturated carbocycles. The average molecular weight is 241 g/mol. The number of aromatic nitrogens is 2. The Kier molecular flexibility index (Phi) is 4.85. The van der Waals surface area contributed by atoms with E-state index in [-0.39, 0.29) is 6.04 Å². The van der Waals surface area contributed by atoms with Crippen LogP contribution < -0.4 is 5.32 Å². The smallest absolute Gasteiger partial charge is 0.0756 e. The average Bonchev–Trinajstić information content (AvgIpc) is 2.45. The van der Waals surface area contributed by atoms with Crippen molar-refractivity contribution in [2.24, 2.45) is 0 Å². The molecule has 0 aliphatic rings. The van der Waals surface area contributed by atoms with Crippen LogP contribution in [0.1, 0.15) is 30.6 Å². The lowest BCUT2D eigenvalue weighted by atomic mass is 10.0. The molecule has 3 nitrogen and oxygen atoms in total. The highest BCUT2D eigenvalue weighted by atomic mass is 14.9. The molecule has 0 aliphatic heterocycles. The zero-order chi connectivity index (χ0) is 12.6. The fourth-order valence-corrected chi connectivity index (χ4v) is 2.05. The van der Waals surface area contributed by atoms with Crippen LogP contribution in [0, 0.1) is 0 Å². The number of hydrogen-bond donors (Lipinski definition) is 1. The van der Waals surface area contributed by atoms with Gasteiger partial charge in [0.15, 0.2) is 0 Å². The van der Waals surface area contributed by atoms with Gasteiger partial charge in [0.2, 0.25) is 0 Å². The van der Waals surface area contributed by atoms with Crippen LogP contribution in [0.3, 0.4) is 0 Å². The van der Waals surface area contributed by atoms with Crippen LogP contribution in [0.4, 0.5) is 0 Å². The summed E-state index contributed by atoms with van der Waals surface area (Å²) in [6.45, 7) is 3.06. The van der Waals surface area contributed by atoms with Gasteiger partial charge in [-0.2, -0.15) is 0 Å². The molecule has 2 rings (SSSR count). The number of aryl methyl sites for hydroxylation is 1. The first-order valence-electron chi connectivity index (χ1n) is 6.43. The van der Waals surface area contributed by atoms with Crippen LogP contribution in [0.2, 0.25) is 0 Å². The van der Waals surface area contributed by atoms with Crippen molar-refractivity contribution in [3.8, 4) is 0 Å². The number of nitrogens with one attached hydrogen (secondary N) is 1. The Morgan fingerprint density at radius 2 is 2.00 bits per heavy atom. The molecule has 2 aromatic rings. The van der Waals surface area contributed by atoms with Crippen molar-refractivity contribution in [3.05, 3.63) is 60.2 Å². The van der Waals surface area contributed by atoms with Crippen molar-refractivity contribution in [1.29, 1.82) is 0 Å². The van der Waals surface area contributed by atoms with Crippen molar-refractivity contribution in [3.63, 3.8) is 0 Å². The summed E-state index contributed by atoms with van der Waals surface area (Å²) in [5.41, 5.74) is 2.39. The molecular weight excluding hydrogens is 222 g/mol. The summed E-state index contributed by atoms with van der Waals surface area (Å²) in [6, 6.07) is 10.8. The Morgan fingerprint density at radius 3 is 2.67 bits per heavy atom. The quantitative estimate of drug-likeness (QED) is 0.845. The lowest BCUT2D eigenvalue weighted by Gasteiger charge is -2.16. The molecule has 1 N–H and O–H groups in total. The Labute approximate surface area is 108 Å². The standard InChI is InChI=1S/C15H19N3/c1-2-17-14(15-12-16-10-11-18-15)9-8-13-6-4-3-5-7-13/h3-7,10-12,14,17H,2,8-9H2,1H3. The van der Waals surface area contributed by atoms with Gasteiger partial charge in [-0.3, -0.25) is 9.97 Å². The van der Waals surface area contributed by atoms with E-state index in [0.717, 1.165) is 25.1 Å². The minimum Gasteiger partial charge on any atom is -0.309 e. The maximum Gasteiger partial charge on any atom is 0.0756 e.